The van der Waals surface area contributed by atoms with Crippen molar-refractivity contribution in [3.8, 4) is 0 Å². The molecule has 0 aliphatic carbocycles. The Bertz CT molecular complexity index is 413. The van der Waals surface area contributed by atoms with Gasteiger partial charge in [-0.3, -0.25) is 0 Å². The average Bonchev–Trinajstić information content (AvgIpc) is 2.23. The van der Waals surface area contributed by atoms with Crippen molar-refractivity contribution in [1.29, 1.82) is 0 Å². The second kappa shape index (κ2) is 6.36. The van der Waals surface area contributed by atoms with Crippen LogP contribution in [0.3, 0.4) is 0 Å². The summed E-state index contributed by atoms with van der Waals surface area (Å²) in [6.45, 7) is -1.19. The van der Waals surface area contributed by atoms with Gasteiger partial charge in [0, 0.05) is 6.54 Å². The Kier molecular flexibility index (Phi) is 5.37. The number of rotatable bonds is 5. The highest BCUT2D eigenvalue weighted by atomic mass is 35.5. The maximum absolute atomic E-state index is 11.8. The van der Waals surface area contributed by atoms with Crippen molar-refractivity contribution >= 4 is 34.6 Å². The van der Waals surface area contributed by atoms with Gasteiger partial charge in [0.15, 0.2) is 0 Å². The van der Waals surface area contributed by atoms with Gasteiger partial charge >= 0.3 is 6.18 Å². The number of anilines is 2. The molecule has 0 spiro atoms. The maximum atomic E-state index is 11.8. The van der Waals surface area contributed by atoms with Crippen LogP contribution in [0, 0.1) is 0 Å². The van der Waals surface area contributed by atoms with E-state index in [2.05, 4.69) is 10.1 Å². The number of hydrogen-bond donors (Lipinski definition) is 2. The van der Waals surface area contributed by atoms with Crippen LogP contribution in [-0.4, -0.2) is 25.9 Å². The molecular formula is C10H11Cl2F3N2O. The number of alkyl halides is 3. The van der Waals surface area contributed by atoms with E-state index in [9.17, 15) is 13.2 Å². The minimum absolute atomic E-state index is 0.0980. The summed E-state index contributed by atoms with van der Waals surface area (Å²) in [5.74, 6) is 0. The lowest BCUT2D eigenvalue weighted by Gasteiger charge is -2.11. The molecule has 0 saturated carbocycles. The predicted molar refractivity (Wildman–Crippen MR) is 66.2 cm³/mol. The molecule has 18 heavy (non-hydrogen) atoms. The molecule has 0 aromatic heterocycles. The van der Waals surface area contributed by atoms with Gasteiger partial charge in [0.1, 0.15) is 6.61 Å². The lowest BCUT2D eigenvalue weighted by molar-refractivity contribution is -0.172. The fraction of sp³-hybridized carbons (Fsp3) is 0.400. The summed E-state index contributed by atoms with van der Waals surface area (Å²) in [4.78, 5) is 0. The zero-order chi connectivity index (χ0) is 13.8. The van der Waals surface area contributed by atoms with Crippen LogP contribution >= 0.6 is 23.2 Å². The zero-order valence-corrected chi connectivity index (χ0v) is 10.7. The molecule has 1 aromatic carbocycles. The Morgan fingerprint density at radius 1 is 1.22 bits per heavy atom. The Hall–Kier alpha value is -0.850. The first-order valence-electron chi connectivity index (χ1n) is 4.92. The van der Waals surface area contributed by atoms with E-state index in [1.807, 2.05) is 0 Å². The number of benzene rings is 1. The summed E-state index contributed by atoms with van der Waals surface area (Å²) in [6.07, 6.45) is -4.32. The Balaban J connectivity index is 2.38. The average molecular weight is 303 g/mol. The van der Waals surface area contributed by atoms with Gasteiger partial charge in [-0.05, 0) is 12.1 Å². The molecule has 0 aliphatic heterocycles. The van der Waals surface area contributed by atoms with Gasteiger partial charge in [-0.2, -0.15) is 13.2 Å². The van der Waals surface area contributed by atoms with Gasteiger partial charge < -0.3 is 15.8 Å². The van der Waals surface area contributed by atoms with Crippen molar-refractivity contribution in [3.63, 3.8) is 0 Å². The first-order valence-corrected chi connectivity index (χ1v) is 5.68. The number of nitrogens with two attached hydrogens (primary N) is 1. The molecule has 0 heterocycles. The summed E-state index contributed by atoms with van der Waals surface area (Å²) in [6, 6.07) is 2.96. The SMILES string of the molecule is Nc1cc(Cl)c(Cl)cc1NCCOCC(F)(F)F. The summed E-state index contributed by atoms with van der Waals surface area (Å²) in [5.41, 5.74) is 6.51. The summed E-state index contributed by atoms with van der Waals surface area (Å²) < 4.78 is 39.7. The molecule has 0 amide bonds. The molecule has 0 bridgehead atoms. The minimum Gasteiger partial charge on any atom is -0.397 e. The Morgan fingerprint density at radius 2 is 1.83 bits per heavy atom. The Labute approximate surface area is 112 Å². The van der Waals surface area contributed by atoms with Crippen molar-refractivity contribution in [2.75, 3.05) is 30.8 Å². The molecule has 0 saturated heterocycles. The number of ether oxygens (including phenoxy) is 1. The molecule has 0 unspecified atom stereocenters. The quantitative estimate of drug-likeness (QED) is 0.646. The fourth-order valence-corrected chi connectivity index (χ4v) is 1.50. The Morgan fingerprint density at radius 3 is 2.44 bits per heavy atom. The van der Waals surface area contributed by atoms with Gasteiger partial charge in [0.05, 0.1) is 28.0 Å². The molecule has 8 heteroatoms. The van der Waals surface area contributed by atoms with E-state index in [1.54, 1.807) is 0 Å². The van der Waals surface area contributed by atoms with Crippen LogP contribution in [0.1, 0.15) is 0 Å². The summed E-state index contributed by atoms with van der Waals surface area (Å²) in [7, 11) is 0. The number of nitrogens with one attached hydrogen (secondary N) is 1. The molecule has 0 atom stereocenters. The van der Waals surface area contributed by atoms with Gasteiger partial charge in [0.25, 0.3) is 0 Å². The van der Waals surface area contributed by atoms with Gasteiger partial charge in [-0.1, -0.05) is 23.2 Å². The van der Waals surface area contributed by atoms with Crippen molar-refractivity contribution < 1.29 is 17.9 Å². The van der Waals surface area contributed by atoms with E-state index in [0.29, 0.717) is 21.4 Å². The lowest BCUT2D eigenvalue weighted by Crippen LogP contribution is -2.20. The molecule has 0 radical (unpaired) electrons. The monoisotopic (exact) mass is 302 g/mol. The van der Waals surface area contributed by atoms with Crippen LogP contribution in [-0.2, 0) is 4.74 Å². The van der Waals surface area contributed by atoms with E-state index < -0.39 is 12.8 Å². The normalized spacial score (nSPS) is 11.6. The van der Waals surface area contributed by atoms with Crippen molar-refractivity contribution in [3.05, 3.63) is 22.2 Å². The largest absolute Gasteiger partial charge is 0.411 e. The maximum Gasteiger partial charge on any atom is 0.411 e. The van der Waals surface area contributed by atoms with Gasteiger partial charge in [-0.15, -0.1) is 0 Å². The lowest BCUT2D eigenvalue weighted by atomic mass is 10.2. The van der Waals surface area contributed by atoms with Crippen molar-refractivity contribution in [1.82, 2.24) is 0 Å². The first-order chi connectivity index (χ1) is 8.29. The molecule has 3 N–H and O–H groups in total. The molecule has 0 aliphatic rings. The molecule has 0 fully saturated rings. The fourth-order valence-electron chi connectivity index (χ4n) is 1.16. The van der Waals surface area contributed by atoms with Gasteiger partial charge in [0.2, 0.25) is 0 Å². The molecule has 102 valence electrons. The predicted octanol–water partition coefficient (Wildman–Crippen LogP) is 3.57. The van der Waals surface area contributed by atoms with Crippen molar-refractivity contribution in [2.24, 2.45) is 0 Å². The summed E-state index contributed by atoms with van der Waals surface area (Å²) in [5, 5.41) is 3.43. The number of hydrogen-bond acceptors (Lipinski definition) is 3. The van der Waals surface area contributed by atoms with Crippen LogP contribution < -0.4 is 11.1 Å². The standard InChI is InChI=1S/C10H11Cl2F3N2O/c11-6-3-8(16)9(4-7(6)12)17-1-2-18-5-10(13,14)15/h3-4,17H,1-2,5,16H2. The molecule has 3 nitrogen and oxygen atoms in total. The smallest absolute Gasteiger partial charge is 0.397 e. The number of nitrogen functional groups attached to an aromatic ring is 1. The van der Waals surface area contributed by atoms with Gasteiger partial charge in [-0.25, -0.2) is 0 Å². The highest BCUT2D eigenvalue weighted by molar-refractivity contribution is 6.42. The molecule has 1 aromatic rings. The first kappa shape index (κ1) is 15.2. The van der Waals surface area contributed by atoms with Crippen molar-refractivity contribution in [2.45, 2.75) is 6.18 Å². The highest BCUT2D eigenvalue weighted by Crippen LogP contribution is 2.30. The third-order valence-corrected chi connectivity index (χ3v) is 2.64. The molecule has 1 rings (SSSR count). The van der Waals surface area contributed by atoms with E-state index in [0.717, 1.165) is 0 Å². The summed E-state index contributed by atoms with van der Waals surface area (Å²) >= 11 is 11.5. The van der Waals surface area contributed by atoms with E-state index in [1.165, 1.54) is 12.1 Å². The number of halogens is 5. The second-order valence-electron chi connectivity index (χ2n) is 3.45. The van der Waals surface area contributed by atoms with Crippen LogP contribution in [0.4, 0.5) is 24.5 Å². The van der Waals surface area contributed by atoms with Crippen LogP contribution in [0.2, 0.25) is 10.0 Å². The third-order valence-electron chi connectivity index (χ3n) is 1.92. The highest BCUT2D eigenvalue weighted by Gasteiger charge is 2.27. The van der Waals surface area contributed by atoms with E-state index in [-0.39, 0.29) is 13.2 Å². The topological polar surface area (TPSA) is 47.3 Å². The minimum atomic E-state index is -4.32. The third kappa shape index (κ3) is 5.20. The van der Waals surface area contributed by atoms with E-state index in [4.69, 9.17) is 28.9 Å². The van der Waals surface area contributed by atoms with E-state index >= 15 is 0 Å². The van der Waals surface area contributed by atoms with Crippen LogP contribution in [0.25, 0.3) is 0 Å². The molecular weight excluding hydrogens is 292 g/mol. The van der Waals surface area contributed by atoms with Crippen LogP contribution in [0.15, 0.2) is 12.1 Å². The zero-order valence-electron chi connectivity index (χ0n) is 9.15. The van der Waals surface area contributed by atoms with Crippen LogP contribution in [0.5, 0.6) is 0 Å². The second-order valence-corrected chi connectivity index (χ2v) is 4.26.